The molecule has 0 atom stereocenters. The molecule has 0 aliphatic rings. The molecule has 0 rings (SSSR count). The van der Waals surface area contributed by atoms with Gasteiger partial charge in [0.25, 0.3) is 0 Å². The average Bonchev–Trinajstić information content (AvgIpc) is 2.10. The summed E-state index contributed by atoms with van der Waals surface area (Å²) in [5, 5.41) is 6.08. The Labute approximate surface area is 75.9 Å². The van der Waals surface area contributed by atoms with Gasteiger partial charge in [-0.1, -0.05) is 12.8 Å². The first-order chi connectivity index (χ1) is 5.91. The highest BCUT2D eigenvalue weighted by Crippen LogP contribution is 1.98. The summed E-state index contributed by atoms with van der Waals surface area (Å²) < 4.78 is 5.26. The van der Waals surface area contributed by atoms with Gasteiger partial charge in [-0.25, -0.2) is 0 Å². The summed E-state index contributed by atoms with van der Waals surface area (Å²) in [5.41, 5.74) is 0. The number of hydrogen-bond acceptors (Lipinski definition) is 3. The lowest BCUT2D eigenvalue weighted by molar-refractivity contribution is 0.118. The van der Waals surface area contributed by atoms with Crippen molar-refractivity contribution in [3.05, 3.63) is 0 Å². The zero-order valence-electron chi connectivity index (χ0n) is 8.36. The first-order valence-corrected chi connectivity index (χ1v) is 4.78. The normalized spacial score (nSPS) is 10.5. The van der Waals surface area contributed by atoms with Gasteiger partial charge in [0.1, 0.15) is 0 Å². The highest BCUT2D eigenvalue weighted by atomic mass is 16.5. The van der Waals surface area contributed by atoms with Gasteiger partial charge in [0.15, 0.2) is 0 Å². The monoisotopic (exact) mass is 174 g/mol. The van der Waals surface area contributed by atoms with Crippen LogP contribution in [0.1, 0.15) is 25.7 Å². The van der Waals surface area contributed by atoms with Crippen LogP contribution >= 0.6 is 0 Å². The Morgan fingerprint density at radius 3 is 2.33 bits per heavy atom. The molecule has 0 aromatic carbocycles. The largest absolute Gasteiger partial charge is 0.366 e. The van der Waals surface area contributed by atoms with E-state index in [4.69, 9.17) is 4.74 Å². The van der Waals surface area contributed by atoms with E-state index in [0.29, 0.717) is 6.73 Å². The third-order valence-corrected chi connectivity index (χ3v) is 1.71. The molecule has 0 aromatic heterocycles. The van der Waals surface area contributed by atoms with E-state index in [1.54, 1.807) is 0 Å². The van der Waals surface area contributed by atoms with Crippen LogP contribution in [0.2, 0.25) is 0 Å². The molecule has 0 aliphatic heterocycles. The molecule has 0 aliphatic carbocycles. The van der Waals surface area contributed by atoms with Gasteiger partial charge in [-0.15, -0.1) is 0 Å². The number of unbranched alkanes of at least 4 members (excludes halogenated alkanes) is 3. The fourth-order valence-corrected chi connectivity index (χ4v) is 1.03. The van der Waals surface area contributed by atoms with Crippen LogP contribution < -0.4 is 10.6 Å². The first-order valence-electron chi connectivity index (χ1n) is 4.78. The van der Waals surface area contributed by atoms with E-state index in [1.165, 1.54) is 25.7 Å². The summed E-state index contributed by atoms with van der Waals surface area (Å²) >= 11 is 0. The zero-order valence-corrected chi connectivity index (χ0v) is 8.36. The predicted octanol–water partition coefficient (Wildman–Crippen LogP) is 0.960. The van der Waals surface area contributed by atoms with Gasteiger partial charge in [0.05, 0.1) is 6.73 Å². The van der Waals surface area contributed by atoms with Crippen LogP contribution in [0.4, 0.5) is 0 Å². The Bertz CT molecular complexity index is 68.9. The van der Waals surface area contributed by atoms with Gasteiger partial charge in [-0.2, -0.15) is 0 Å². The fraction of sp³-hybridized carbons (Fsp3) is 1.00. The second-order valence-electron chi connectivity index (χ2n) is 2.92. The van der Waals surface area contributed by atoms with E-state index in [0.717, 1.165) is 13.2 Å². The van der Waals surface area contributed by atoms with Crippen LogP contribution in [-0.2, 0) is 4.74 Å². The summed E-state index contributed by atoms with van der Waals surface area (Å²) in [7, 11) is 3.89. The molecule has 2 N–H and O–H groups in total. The lowest BCUT2D eigenvalue weighted by Gasteiger charge is -2.02. The van der Waals surface area contributed by atoms with Crippen LogP contribution in [-0.4, -0.2) is 34.0 Å². The Morgan fingerprint density at radius 2 is 1.67 bits per heavy atom. The number of rotatable bonds is 9. The molecule has 0 saturated heterocycles. The summed E-state index contributed by atoms with van der Waals surface area (Å²) in [4.78, 5) is 0. The molecule has 3 heteroatoms. The van der Waals surface area contributed by atoms with E-state index in [-0.39, 0.29) is 0 Å². The molecule has 0 amide bonds. The maximum Gasteiger partial charge on any atom is 0.0962 e. The second-order valence-corrected chi connectivity index (χ2v) is 2.92. The summed E-state index contributed by atoms with van der Waals surface area (Å²) in [6, 6.07) is 0. The molecular formula is C9H22N2O. The molecule has 0 saturated carbocycles. The molecule has 0 bridgehead atoms. The van der Waals surface area contributed by atoms with Crippen LogP contribution in [0.5, 0.6) is 0 Å². The lowest BCUT2D eigenvalue weighted by atomic mass is 10.2. The molecule has 0 heterocycles. The van der Waals surface area contributed by atoms with E-state index in [1.807, 2.05) is 14.1 Å². The minimum absolute atomic E-state index is 0.677. The van der Waals surface area contributed by atoms with Crippen LogP contribution in [0, 0.1) is 0 Å². The summed E-state index contributed by atoms with van der Waals surface area (Å²) in [5.74, 6) is 0. The van der Waals surface area contributed by atoms with Crippen LogP contribution in [0.3, 0.4) is 0 Å². The maximum atomic E-state index is 5.26. The van der Waals surface area contributed by atoms with Gasteiger partial charge in [-0.05, 0) is 33.5 Å². The minimum atomic E-state index is 0.677. The molecule has 0 unspecified atom stereocenters. The SMILES string of the molecule is CNCCCCCCOCNC. The van der Waals surface area contributed by atoms with Crippen molar-refractivity contribution in [3.8, 4) is 0 Å². The van der Waals surface area contributed by atoms with Gasteiger partial charge in [0, 0.05) is 6.61 Å². The van der Waals surface area contributed by atoms with Gasteiger partial charge < -0.3 is 10.1 Å². The van der Waals surface area contributed by atoms with Crippen molar-refractivity contribution in [2.24, 2.45) is 0 Å². The molecule has 12 heavy (non-hydrogen) atoms. The second kappa shape index (κ2) is 10.9. The van der Waals surface area contributed by atoms with E-state index in [2.05, 4.69) is 10.6 Å². The van der Waals surface area contributed by atoms with E-state index in [9.17, 15) is 0 Å². The molecule has 0 fully saturated rings. The maximum absolute atomic E-state index is 5.26. The Morgan fingerprint density at radius 1 is 0.917 bits per heavy atom. The number of nitrogens with one attached hydrogen (secondary N) is 2. The van der Waals surface area contributed by atoms with Crippen molar-refractivity contribution >= 4 is 0 Å². The van der Waals surface area contributed by atoms with Crippen LogP contribution in [0.25, 0.3) is 0 Å². The van der Waals surface area contributed by atoms with Crippen molar-refractivity contribution in [1.29, 1.82) is 0 Å². The molecule has 3 nitrogen and oxygen atoms in total. The average molecular weight is 174 g/mol. The summed E-state index contributed by atoms with van der Waals surface area (Å²) in [6.07, 6.45) is 5.06. The van der Waals surface area contributed by atoms with Crippen molar-refractivity contribution in [2.75, 3.05) is 34.0 Å². The molecule has 0 spiro atoms. The Balaban J connectivity index is 2.73. The summed E-state index contributed by atoms with van der Waals surface area (Å²) in [6.45, 7) is 2.70. The standard InChI is InChI=1S/C9H22N2O/c1-10-7-5-3-4-6-8-12-9-11-2/h10-11H,3-9H2,1-2H3. The highest BCUT2D eigenvalue weighted by molar-refractivity contribution is 4.44. The topological polar surface area (TPSA) is 33.3 Å². The fourth-order valence-electron chi connectivity index (χ4n) is 1.03. The smallest absolute Gasteiger partial charge is 0.0962 e. The van der Waals surface area contributed by atoms with Gasteiger partial charge in [-0.3, -0.25) is 5.32 Å². The molecule has 74 valence electrons. The van der Waals surface area contributed by atoms with E-state index < -0.39 is 0 Å². The number of hydrogen-bond donors (Lipinski definition) is 2. The Kier molecular flexibility index (Phi) is 10.8. The Hall–Kier alpha value is -0.120. The third kappa shape index (κ3) is 9.88. The highest BCUT2D eigenvalue weighted by Gasteiger charge is 1.89. The number of ether oxygens (including phenoxy) is 1. The third-order valence-electron chi connectivity index (χ3n) is 1.71. The van der Waals surface area contributed by atoms with Crippen molar-refractivity contribution < 1.29 is 4.74 Å². The first kappa shape index (κ1) is 11.9. The molecule has 0 aromatic rings. The molecule has 0 radical (unpaired) electrons. The predicted molar refractivity (Wildman–Crippen MR) is 52.3 cm³/mol. The van der Waals surface area contributed by atoms with Crippen LogP contribution in [0.15, 0.2) is 0 Å². The quantitative estimate of drug-likeness (QED) is 0.403. The zero-order chi connectivity index (χ0) is 9.07. The minimum Gasteiger partial charge on any atom is -0.366 e. The molecular weight excluding hydrogens is 152 g/mol. The van der Waals surface area contributed by atoms with Crippen molar-refractivity contribution in [2.45, 2.75) is 25.7 Å². The van der Waals surface area contributed by atoms with Gasteiger partial charge in [0.2, 0.25) is 0 Å². The van der Waals surface area contributed by atoms with Crippen molar-refractivity contribution in [1.82, 2.24) is 10.6 Å². The lowest BCUT2D eigenvalue weighted by Crippen LogP contribution is -2.12. The van der Waals surface area contributed by atoms with E-state index >= 15 is 0 Å². The van der Waals surface area contributed by atoms with Crippen molar-refractivity contribution in [3.63, 3.8) is 0 Å². The van der Waals surface area contributed by atoms with Gasteiger partial charge >= 0.3 is 0 Å².